The van der Waals surface area contributed by atoms with Crippen molar-refractivity contribution >= 4 is 5.91 Å². The monoisotopic (exact) mass is 291 g/mol. The third-order valence-corrected chi connectivity index (χ3v) is 4.74. The Hall–Kier alpha value is -1.39. The number of piperazine rings is 1. The molecule has 21 heavy (non-hydrogen) atoms. The Balaban J connectivity index is 1.84. The lowest BCUT2D eigenvalue weighted by molar-refractivity contribution is -1.02. The van der Waals surface area contributed by atoms with Crippen LogP contribution in [0.25, 0.3) is 0 Å². The number of carbonyl (C=O) groups is 1. The molecule has 1 aromatic rings. The van der Waals surface area contributed by atoms with Crippen molar-refractivity contribution in [2.24, 2.45) is 5.73 Å². The highest BCUT2D eigenvalue weighted by Gasteiger charge is 2.29. The first-order valence-corrected chi connectivity index (χ1v) is 8.03. The molecule has 1 fully saturated rings. The van der Waals surface area contributed by atoms with E-state index in [4.69, 9.17) is 5.73 Å². The van der Waals surface area contributed by atoms with Crippen molar-refractivity contribution in [2.45, 2.75) is 39.3 Å². The van der Waals surface area contributed by atoms with Crippen LogP contribution in [0.15, 0.2) is 24.3 Å². The number of carbonyl (C=O) groups excluding carboxylic acids is 1. The second-order valence-corrected chi connectivity index (χ2v) is 6.61. The normalized spacial score (nSPS) is 24.0. The number of primary amides is 1. The van der Waals surface area contributed by atoms with Gasteiger partial charge in [0, 0.05) is 5.56 Å². The van der Waals surface area contributed by atoms with Crippen LogP contribution < -0.4 is 15.5 Å². The molecule has 1 saturated heterocycles. The zero-order valence-electron chi connectivity index (χ0n) is 13.5. The highest BCUT2D eigenvalue weighted by molar-refractivity contribution is 5.77. The molecule has 1 amide bonds. The Kier molecular flexibility index (Phi) is 5.37. The molecule has 0 unspecified atom stereocenters. The summed E-state index contributed by atoms with van der Waals surface area (Å²) >= 11 is 0. The molecule has 116 valence electrons. The lowest BCUT2D eigenvalue weighted by Crippen LogP contribution is -3.29. The summed E-state index contributed by atoms with van der Waals surface area (Å²) in [6.07, 6.45) is 0. The van der Waals surface area contributed by atoms with Gasteiger partial charge in [-0.1, -0.05) is 38.1 Å². The molecule has 0 saturated carbocycles. The number of quaternary nitrogens is 2. The van der Waals surface area contributed by atoms with Gasteiger partial charge >= 0.3 is 0 Å². The zero-order chi connectivity index (χ0) is 15.4. The van der Waals surface area contributed by atoms with Crippen molar-refractivity contribution in [1.29, 1.82) is 0 Å². The van der Waals surface area contributed by atoms with E-state index >= 15 is 0 Å². The second-order valence-electron chi connectivity index (χ2n) is 6.61. The summed E-state index contributed by atoms with van der Waals surface area (Å²) in [4.78, 5) is 14.2. The molecule has 4 heteroatoms. The van der Waals surface area contributed by atoms with Crippen LogP contribution in [-0.4, -0.2) is 38.1 Å². The average molecular weight is 291 g/mol. The molecule has 1 aliphatic rings. The number of rotatable bonds is 5. The van der Waals surface area contributed by atoms with Crippen molar-refractivity contribution in [3.8, 4) is 0 Å². The van der Waals surface area contributed by atoms with Crippen molar-refractivity contribution in [1.82, 2.24) is 0 Å². The number of benzene rings is 1. The lowest BCUT2D eigenvalue weighted by Gasteiger charge is -2.32. The van der Waals surface area contributed by atoms with Crippen molar-refractivity contribution in [2.75, 3.05) is 26.2 Å². The van der Waals surface area contributed by atoms with Crippen molar-refractivity contribution in [3.05, 3.63) is 35.4 Å². The van der Waals surface area contributed by atoms with Crippen LogP contribution in [0.4, 0.5) is 0 Å². The molecule has 1 aliphatic heterocycles. The minimum atomic E-state index is -0.183. The smallest absolute Gasteiger partial charge is 0.275 e. The first-order chi connectivity index (χ1) is 9.97. The number of nitrogens with one attached hydrogen (secondary N) is 2. The summed E-state index contributed by atoms with van der Waals surface area (Å²) in [5, 5.41) is 0. The predicted molar refractivity (Wildman–Crippen MR) is 84.3 cm³/mol. The fraction of sp³-hybridized carbons (Fsp3) is 0.588. The maximum atomic E-state index is 11.3. The molecule has 0 spiro atoms. The number of amides is 1. The van der Waals surface area contributed by atoms with Crippen LogP contribution in [0, 0.1) is 0 Å². The van der Waals surface area contributed by atoms with Gasteiger partial charge in [-0.25, -0.2) is 0 Å². The van der Waals surface area contributed by atoms with E-state index in [1.54, 1.807) is 4.90 Å². The van der Waals surface area contributed by atoms with Gasteiger partial charge in [0.25, 0.3) is 5.91 Å². The van der Waals surface area contributed by atoms with Crippen LogP contribution in [0.5, 0.6) is 0 Å². The van der Waals surface area contributed by atoms with Gasteiger partial charge in [-0.3, -0.25) is 4.79 Å². The van der Waals surface area contributed by atoms with Gasteiger partial charge in [0.2, 0.25) is 0 Å². The fourth-order valence-electron chi connectivity index (χ4n) is 3.04. The first-order valence-electron chi connectivity index (χ1n) is 8.03. The van der Waals surface area contributed by atoms with E-state index in [1.165, 1.54) is 16.0 Å². The SMILES string of the molecule is CC(C)c1ccc(C[NH+]2CC[NH+]([C@H](C)C(N)=O)CC2)cc1. The predicted octanol–water partition coefficient (Wildman–Crippen LogP) is -1.03. The van der Waals surface area contributed by atoms with Gasteiger partial charge in [0.15, 0.2) is 6.04 Å². The van der Waals surface area contributed by atoms with Crippen LogP contribution in [0.3, 0.4) is 0 Å². The Labute approximate surface area is 127 Å². The van der Waals surface area contributed by atoms with Crippen LogP contribution in [0.2, 0.25) is 0 Å². The highest BCUT2D eigenvalue weighted by atomic mass is 16.1. The third kappa shape index (κ3) is 4.29. The van der Waals surface area contributed by atoms with E-state index in [1.807, 2.05) is 6.92 Å². The minimum absolute atomic E-state index is 0.0584. The molecule has 0 aliphatic carbocycles. The Morgan fingerprint density at radius 2 is 1.67 bits per heavy atom. The summed E-state index contributed by atoms with van der Waals surface area (Å²) in [5.74, 6) is 0.409. The standard InChI is InChI=1S/C17H27N3O/c1-13(2)16-6-4-15(5-7-16)12-19-8-10-20(11-9-19)14(3)17(18)21/h4-7,13-14H,8-12H2,1-3H3,(H2,18,21)/p+2/t14-/m1/s1. The van der Waals surface area contributed by atoms with Gasteiger partial charge in [-0.05, 0) is 18.4 Å². The van der Waals surface area contributed by atoms with E-state index < -0.39 is 0 Å². The molecule has 4 nitrogen and oxygen atoms in total. The summed E-state index contributed by atoms with van der Waals surface area (Å²) < 4.78 is 0. The second kappa shape index (κ2) is 7.05. The maximum absolute atomic E-state index is 11.3. The molecular formula is C17H29N3O+2. The Bertz CT molecular complexity index is 461. The van der Waals surface area contributed by atoms with E-state index in [9.17, 15) is 4.79 Å². The molecule has 0 bridgehead atoms. The van der Waals surface area contributed by atoms with Gasteiger partial charge in [-0.2, -0.15) is 0 Å². The first kappa shape index (κ1) is 16.0. The summed E-state index contributed by atoms with van der Waals surface area (Å²) in [6.45, 7) is 11.7. The maximum Gasteiger partial charge on any atom is 0.275 e. The van der Waals surface area contributed by atoms with E-state index in [2.05, 4.69) is 38.1 Å². The van der Waals surface area contributed by atoms with Crippen molar-refractivity contribution < 1.29 is 14.6 Å². The number of nitrogens with two attached hydrogens (primary N) is 1. The van der Waals surface area contributed by atoms with Crippen LogP contribution >= 0.6 is 0 Å². The fourth-order valence-corrected chi connectivity index (χ4v) is 3.04. The molecule has 1 aromatic carbocycles. The third-order valence-electron chi connectivity index (χ3n) is 4.74. The minimum Gasteiger partial charge on any atom is -0.365 e. The largest absolute Gasteiger partial charge is 0.365 e. The molecule has 4 N–H and O–H groups in total. The summed E-state index contributed by atoms with van der Waals surface area (Å²) in [7, 11) is 0. The van der Waals surface area contributed by atoms with Crippen LogP contribution in [0.1, 0.15) is 37.8 Å². The summed E-state index contributed by atoms with van der Waals surface area (Å²) in [6, 6.07) is 8.95. The van der Waals surface area contributed by atoms with Gasteiger partial charge in [0.1, 0.15) is 32.7 Å². The molecule has 0 radical (unpaired) electrons. The molecule has 2 rings (SSSR count). The topological polar surface area (TPSA) is 52.0 Å². The zero-order valence-corrected chi connectivity index (χ0v) is 13.5. The van der Waals surface area contributed by atoms with Gasteiger partial charge < -0.3 is 15.5 Å². The summed E-state index contributed by atoms with van der Waals surface area (Å²) in [5.41, 5.74) is 8.20. The quantitative estimate of drug-likeness (QED) is 0.638. The average Bonchev–Trinajstić information content (AvgIpc) is 2.47. The molecular weight excluding hydrogens is 262 g/mol. The van der Waals surface area contributed by atoms with E-state index in [0.29, 0.717) is 5.92 Å². The Morgan fingerprint density at radius 3 is 2.14 bits per heavy atom. The highest BCUT2D eigenvalue weighted by Crippen LogP contribution is 2.14. The lowest BCUT2D eigenvalue weighted by atomic mass is 10.0. The van der Waals surface area contributed by atoms with Gasteiger partial charge in [-0.15, -0.1) is 0 Å². The molecule has 1 heterocycles. The number of hydrogen-bond donors (Lipinski definition) is 3. The van der Waals surface area contributed by atoms with Gasteiger partial charge in [0.05, 0.1) is 0 Å². The molecule has 0 aromatic heterocycles. The van der Waals surface area contributed by atoms with Crippen molar-refractivity contribution in [3.63, 3.8) is 0 Å². The molecule has 1 atom stereocenters. The number of hydrogen-bond acceptors (Lipinski definition) is 1. The van der Waals surface area contributed by atoms with E-state index in [-0.39, 0.29) is 11.9 Å². The van der Waals surface area contributed by atoms with E-state index in [0.717, 1.165) is 32.7 Å². The Morgan fingerprint density at radius 1 is 1.10 bits per heavy atom. The van der Waals surface area contributed by atoms with Crippen LogP contribution in [-0.2, 0) is 11.3 Å².